The normalized spacial score (nSPS) is 16.2. The SMILES string of the molecule is C[Si](C)(C)NC(CC(=O)O)(C(=O)O[Si](C)(C)C)[Si](C)(C)C. The lowest BCUT2D eigenvalue weighted by Crippen LogP contribution is -2.73. The summed E-state index contributed by atoms with van der Waals surface area (Å²) in [5.41, 5.74) is 0. The average Bonchev–Trinajstić information content (AvgIpc) is 2.07. The van der Waals surface area contributed by atoms with E-state index in [0.717, 1.165) is 0 Å². The van der Waals surface area contributed by atoms with E-state index >= 15 is 0 Å². The second-order valence-electron chi connectivity index (χ2n) is 8.60. The maximum absolute atomic E-state index is 12.9. The van der Waals surface area contributed by atoms with Crippen molar-refractivity contribution in [2.24, 2.45) is 0 Å². The molecule has 0 saturated heterocycles. The van der Waals surface area contributed by atoms with Crippen LogP contribution in [0.5, 0.6) is 0 Å². The zero-order chi connectivity index (χ0) is 17.3. The summed E-state index contributed by atoms with van der Waals surface area (Å²) in [4.78, 5) is 27.7. The van der Waals surface area contributed by atoms with Gasteiger partial charge in [-0.05, 0) is 19.6 Å². The topological polar surface area (TPSA) is 75.6 Å². The van der Waals surface area contributed by atoms with Crippen LogP contribution in [0.15, 0.2) is 0 Å². The van der Waals surface area contributed by atoms with Gasteiger partial charge in [-0.1, -0.05) is 39.3 Å². The van der Waals surface area contributed by atoms with Crippen molar-refractivity contribution in [2.45, 2.75) is 70.5 Å². The first-order valence-electron chi connectivity index (χ1n) is 7.25. The summed E-state index contributed by atoms with van der Waals surface area (Å²) in [7, 11) is -6.13. The molecule has 0 aliphatic carbocycles. The van der Waals surface area contributed by atoms with Crippen molar-refractivity contribution in [3.8, 4) is 0 Å². The van der Waals surface area contributed by atoms with Gasteiger partial charge in [0.05, 0.1) is 14.5 Å². The molecule has 0 aromatic rings. The van der Waals surface area contributed by atoms with Crippen molar-refractivity contribution in [2.75, 3.05) is 0 Å². The first-order valence-corrected chi connectivity index (χ1v) is 17.7. The van der Waals surface area contributed by atoms with Gasteiger partial charge in [-0.15, -0.1) is 0 Å². The monoisotopic (exact) mass is 349 g/mol. The largest absolute Gasteiger partial charge is 0.519 e. The molecule has 0 spiro atoms. The highest BCUT2D eigenvalue weighted by molar-refractivity contribution is 6.86. The zero-order valence-corrected chi connectivity index (χ0v) is 17.9. The summed E-state index contributed by atoms with van der Waals surface area (Å²) in [6.07, 6.45) is -0.212. The highest BCUT2D eigenvalue weighted by Gasteiger charge is 2.54. The van der Waals surface area contributed by atoms with E-state index in [2.05, 4.69) is 24.6 Å². The highest BCUT2D eigenvalue weighted by atomic mass is 28.4. The Hall–Kier alpha value is -0.449. The first-order chi connectivity index (χ1) is 9.00. The van der Waals surface area contributed by atoms with Crippen LogP contribution in [0.1, 0.15) is 6.42 Å². The molecular formula is C13H31NO4Si3. The molecule has 1 atom stereocenters. The molecule has 21 heavy (non-hydrogen) atoms. The Kier molecular flexibility index (Phi) is 6.21. The molecule has 0 saturated carbocycles. The second kappa shape index (κ2) is 6.35. The number of carboxylic acid groups (broad SMARTS) is 1. The van der Waals surface area contributed by atoms with Crippen molar-refractivity contribution in [3.63, 3.8) is 0 Å². The second-order valence-corrected chi connectivity index (χ2v) is 23.1. The van der Waals surface area contributed by atoms with Crippen LogP contribution in [-0.2, 0) is 14.0 Å². The molecule has 1 unspecified atom stereocenters. The lowest BCUT2D eigenvalue weighted by atomic mass is 10.2. The molecule has 2 N–H and O–H groups in total. The summed E-state index contributed by atoms with van der Waals surface area (Å²) in [5, 5.41) is 8.29. The highest BCUT2D eigenvalue weighted by Crippen LogP contribution is 2.29. The van der Waals surface area contributed by atoms with E-state index < -0.39 is 35.8 Å². The lowest BCUT2D eigenvalue weighted by Gasteiger charge is -2.46. The maximum Gasteiger partial charge on any atom is 0.309 e. The minimum absolute atomic E-state index is 0.212. The molecule has 0 aromatic carbocycles. The number of rotatable bonds is 7. The summed E-state index contributed by atoms with van der Waals surface area (Å²) in [6.45, 7) is 18.1. The van der Waals surface area contributed by atoms with Crippen molar-refractivity contribution in [1.82, 2.24) is 4.98 Å². The average molecular weight is 350 g/mol. The molecule has 124 valence electrons. The zero-order valence-electron chi connectivity index (χ0n) is 14.9. The van der Waals surface area contributed by atoms with Crippen LogP contribution in [0, 0.1) is 0 Å². The Morgan fingerprint density at radius 3 is 1.67 bits per heavy atom. The van der Waals surface area contributed by atoms with Gasteiger partial charge in [0.15, 0.2) is 0 Å². The standard InChI is InChI=1S/C13H31NO4Si3/c1-19(2,3)13(10-11(15)16,14-20(4,5)6)12(17)18-21(7,8)9/h14H,10H2,1-9H3,(H,15,16). The van der Waals surface area contributed by atoms with Gasteiger partial charge in [0.1, 0.15) is 13.4 Å². The van der Waals surface area contributed by atoms with Crippen LogP contribution >= 0.6 is 0 Å². The van der Waals surface area contributed by atoms with Crippen molar-refractivity contribution < 1.29 is 19.1 Å². The number of hydrogen-bond donors (Lipinski definition) is 2. The van der Waals surface area contributed by atoms with E-state index in [1.807, 2.05) is 39.3 Å². The number of aliphatic carboxylic acids is 1. The smallest absolute Gasteiger partial charge is 0.309 e. The number of carbonyl (C=O) groups is 2. The van der Waals surface area contributed by atoms with Crippen molar-refractivity contribution >= 4 is 36.6 Å². The number of carbonyl (C=O) groups excluding carboxylic acids is 1. The quantitative estimate of drug-likeness (QED) is 0.691. The molecular weight excluding hydrogens is 318 g/mol. The van der Waals surface area contributed by atoms with Gasteiger partial charge in [-0.2, -0.15) is 0 Å². The van der Waals surface area contributed by atoms with Crippen LogP contribution in [0.3, 0.4) is 0 Å². The molecule has 0 heterocycles. The molecule has 0 fully saturated rings. The van der Waals surface area contributed by atoms with Crippen LogP contribution < -0.4 is 4.98 Å². The summed E-state index contributed by atoms with van der Waals surface area (Å²) >= 11 is 0. The van der Waals surface area contributed by atoms with Crippen LogP contribution in [0.4, 0.5) is 0 Å². The Morgan fingerprint density at radius 1 is 1.00 bits per heavy atom. The number of carboxylic acids is 1. The molecule has 0 radical (unpaired) electrons. The summed E-state index contributed by atoms with van der Waals surface area (Å²) < 4.78 is 5.71. The Morgan fingerprint density at radius 2 is 1.43 bits per heavy atom. The van der Waals surface area contributed by atoms with Gasteiger partial charge in [0.25, 0.3) is 0 Å². The fourth-order valence-electron chi connectivity index (χ4n) is 2.16. The molecule has 0 rings (SSSR count). The van der Waals surface area contributed by atoms with E-state index in [0.29, 0.717) is 0 Å². The minimum atomic E-state index is -2.18. The van der Waals surface area contributed by atoms with E-state index in [4.69, 9.17) is 4.43 Å². The Balaban J connectivity index is 5.90. The van der Waals surface area contributed by atoms with Crippen molar-refractivity contribution in [3.05, 3.63) is 0 Å². The third kappa shape index (κ3) is 6.45. The van der Waals surface area contributed by atoms with Gasteiger partial charge in [0, 0.05) is 0 Å². The van der Waals surface area contributed by atoms with E-state index in [-0.39, 0.29) is 12.4 Å². The number of hydrogen-bond acceptors (Lipinski definition) is 4. The van der Waals surface area contributed by atoms with Gasteiger partial charge >= 0.3 is 11.9 Å². The maximum atomic E-state index is 12.9. The lowest BCUT2D eigenvalue weighted by molar-refractivity contribution is -0.146. The Labute approximate surface area is 131 Å². The van der Waals surface area contributed by atoms with Crippen molar-refractivity contribution in [1.29, 1.82) is 0 Å². The molecule has 0 aromatic heterocycles. The summed E-state index contributed by atoms with van der Waals surface area (Å²) in [5.74, 6) is -1.33. The van der Waals surface area contributed by atoms with Gasteiger partial charge in [0.2, 0.25) is 8.32 Å². The Bertz CT molecular complexity index is 407. The fraction of sp³-hybridized carbons (Fsp3) is 0.846. The molecule has 0 aliphatic heterocycles. The van der Waals surface area contributed by atoms with Crippen LogP contribution in [0.2, 0.25) is 58.9 Å². The molecule has 0 amide bonds. The summed E-state index contributed by atoms with van der Waals surface area (Å²) in [6, 6.07) is 0. The minimum Gasteiger partial charge on any atom is -0.519 e. The molecule has 0 aliphatic rings. The first kappa shape index (κ1) is 20.6. The molecule has 5 nitrogen and oxygen atoms in total. The van der Waals surface area contributed by atoms with E-state index in [1.54, 1.807) is 0 Å². The van der Waals surface area contributed by atoms with E-state index in [1.165, 1.54) is 0 Å². The van der Waals surface area contributed by atoms with Gasteiger partial charge < -0.3 is 14.5 Å². The van der Waals surface area contributed by atoms with Gasteiger partial charge in [-0.3, -0.25) is 9.59 Å². The predicted octanol–water partition coefficient (Wildman–Crippen LogP) is 2.88. The predicted molar refractivity (Wildman–Crippen MR) is 94.2 cm³/mol. The van der Waals surface area contributed by atoms with Gasteiger partial charge in [-0.25, -0.2) is 0 Å². The molecule has 8 heteroatoms. The number of nitrogens with one attached hydrogen (secondary N) is 1. The van der Waals surface area contributed by atoms with Crippen LogP contribution in [0.25, 0.3) is 0 Å². The molecule has 0 bridgehead atoms. The van der Waals surface area contributed by atoms with E-state index in [9.17, 15) is 14.7 Å². The van der Waals surface area contributed by atoms with Crippen LogP contribution in [-0.4, -0.2) is 46.8 Å². The third-order valence-corrected chi connectivity index (χ3v) is 8.32. The third-order valence-electron chi connectivity index (χ3n) is 3.03. The fourth-order valence-corrected chi connectivity index (χ4v) is 8.43.